The molecule has 114 valence electrons. The Morgan fingerprint density at radius 1 is 1.24 bits per heavy atom. The van der Waals surface area contributed by atoms with Gasteiger partial charge < -0.3 is 11.1 Å². The van der Waals surface area contributed by atoms with Crippen molar-refractivity contribution in [3.8, 4) is 0 Å². The normalized spacial score (nSPS) is 11.6. The highest BCUT2D eigenvalue weighted by molar-refractivity contribution is 5.97. The molecule has 0 aliphatic carbocycles. The van der Waals surface area contributed by atoms with E-state index in [1.807, 2.05) is 6.08 Å². The van der Waals surface area contributed by atoms with Gasteiger partial charge in [0.05, 0.1) is 0 Å². The number of carbonyl (C=O) groups excluding carboxylic acids is 2. The lowest BCUT2D eigenvalue weighted by Gasteiger charge is -2.15. The molecule has 1 atom stereocenters. The first-order valence-corrected chi connectivity index (χ1v) is 7.26. The molecule has 0 unspecified atom stereocenters. The molecule has 0 aliphatic rings. The molecule has 2 amide bonds. The van der Waals surface area contributed by atoms with Gasteiger partial charge >= 0.3 is 0 Å². The van der Waals surface area contributed by atoms with E-state index in [1.54, 1.807) is 12.1 Å². The molecule has 3 N–H and O–H groups in total. The molecular formula is C16H23N3O2. The van der Waals surface area contributed by atoms with Crippen LogP contribution in [0.4, 0.5) is 0 Å². The highest BCUT2D eigenvalue weighted by Gasteiger charge is 2.18. The average Bonchev–Trinajstić information content (AvgIpc) is 2.50. The molecular weight excluding hydrogens is 266 g/mol. The van der Waals surface area contributed by atoms with Crippen molar-refractivity contribution in [2.24, 2.45) is 5.73 Å². The second kappa shape index (κ2) is 9.69. The van der Waals surface area contributed by atoms with E-state index in [9.17, 15) is 9.59 Å². The predicted molar refractivity (Wildman–Crippen MR) is 82.6 cm³/mol. The van der Waals surface area contributed by atoms with E-state index in [4.69, 9.17) is 5.73 Å². The Balaban J connectivity index is 2.38. The fourth-order valence-corrected chi connectivity index (χ4v) is 2.02. The Morgan fingerprint density at radius 3 is 2.52 bits per heavy atom. The molecule has 0 saturated heterocycles. The number of pyridine rings is 1. The van der Waals surface area contributed by atoms with E-state index in [0.29, 0.717) is 12.0 Å². The van der Waals surface area contributed by atoms with Gasteiger partial charge in [-0.3, -0.25) is 14.6 Å². The number of aromatic nitrogens is 1. The van der Waals surface area contributed by atoms with E-state index in [0.717, 1.165) is 32.1 Å². The summed E-state index contributed by atoms with van der Waals surface area (Å²) in [5.41, 5.74) is 5.82. The minimum atomic E-state index is -0.620. The SMILES string of the molecule is C=CCCCCCC[C@@H](NC(=O)c1ccncc1)C(N)=O. The minimum Gasteiger partial charge on any atom is -0.368 e. The Kier molecular flexibility index (Phi) is 7.79. The first-order chi connectivity index (χ1) is 10.1. The smallest absolute Gasteiger partial charge is 0.252 e. The number of unbranched alkanes of at least 4 members (excludes halogenated alkanes) is 4. The zero-order valence-electron chi connectivity index (χ0n) is 12.3. The molecule has 1 aromatic heterocycles. The minimum absolute atomic E-state index is 0.298. The summed E-state index contributed by atoms with van der Waals surface area (Å²) in [7, 11) is 0. The van der Waals surface area contributed by atoms with Gasteiger partial charge in [-0.1, -0.05) is 25.3 Å². The average molecular weight is 289 g/mol. The lowest BCUT2D eigenvalue weighted by molar-refractivity contribution is -0.120. The first-order valence-electron chi connectivity index (χ1n) is 7.26. The number of rotatable bonds is 10. The number of hydrogen-bond donors (Lipinski definition) is 2. The van der Waals surface area contributed by atoms with Gasteiger partial charge in [-0.15, -0.1) is 6.58 Å². The van der Waals surface area contributed by atoms with Crippen LogP contribution in [0.15, 0.2) is 37.2 Å². The van der Waals surface area contributed by atoms with Crippen molar-refractivity contribution in [1.29, 1.82) is 0 Å². The van der Waals surface area contributed by atoms with Crippen LogP contribution in [0.1, 0.15) is 48.9 Å². The van der Waals surface area contributed by atoms with E-state index < -0.39 is 11.9 Å². The Bertz CT molecular complexity index is 460. The lowest BCUT2D eigenvalue weighted by Crippen LogP contribution is -2.44. The zero-order valence-corrected chi connectivity index (χ0v) is 12.3. The Morgan fingerprint density at radius 2 is 1.90 bits per heavy atom. The first kappa shape index (κ1) is 16.9. The maximum Gasteiger partial charge on any atom is 0.252 e. The number of primary amides is 1. The summed E-state index contributed by atoms with van der Waals surface area (Å²) in [6.07, 6.45) is 10.6. The molecule has 5 heteroatoms. The molecule has 0 aliphatic heterocycles. The molecule has 1 heterocycles. The van der Waals surface area contributed by atoms with Gasteiger partial charge in [0, 0.05) is 18.0 Å². The Labute approximate surface area is 125 Å². The Hall–Kier alpha value is -2.17. The van der Waals surface area contributed by atoms with Crippen molar-refractivity contribution in [2.45, 2.75) is 44.6 Å². The summed E-state index contributed by atoms with van der Waals surface area (Å²) in [4.78, 5) is 27.2. The monoisotopic (exact) mass is 289 g/mol. The van der Waals surface area contributed by atoms with Crippen molar-refractivity contribution >= 4 is 11.8 Å². The van der Waals surface area contributed by atoms with Gasteiger partial charge in [0.15, 0.2) is 0 Å². The fraction of sp³-hybridized carbons (Fsp3) is 0.438. The van der Waals surface area contributed by atoms with Crippen molar-refractivity contribution in [1.82, 2.24) is 10.3 Å². The molecule has 0 saturated carbocycles. The van der Waals surface area contributed by atoms with E-state index >= 15 is 0 Å². The molecule has 1 rings (SSSR count). The van der Waals surface area contributed by atoms with Crippen LogP contribution in [-0.4, -0.2) is 22.8 Å². The third-order valence-corrected chi connectivity index (χ3v) is 3.24. The van der Waals surface area contributed by atoms with Crippen LogP contribution in [0.5, 0.6) is 0 Å². The number of hydrogen-bond acceptors (Lipinski definition) is 3. The van der Waals surface area contributed by atoms with Gasteiger partial charge in [0.1, 0.15) is 6.04 Å². The van der Waals surface area contributed by atoms with Crippen molar-refractivity contribution in [3.05, 3.63) is 42.7 Å². The van der Waals surface area contributed by atoms with Crippen LogP contribution in [0.3, 0.4) is 0 Å². The molecule has 0 radical (unpaired) electrons. The van der Waals surface area contributed by atoms with Gasteiger partial charge in [0.2, 0.25) is 5.91 Å². The quantitative estimate of drug-likeness (QED) is 0.511. The van der Waals surface area contributed by atoms with E-state index in [2.05, 4.69) is 16.9 Å². The maximum atomic E-state index is 12.0. The highest BCUT2D eigenvalue weighted by atomic mass is 16.2. The number of nitrogens with zero attached hydrogens (tertiary/aromatic N) is 1. The largest absolute Gasteiger partial charge is 0.368 e. The summed E-state index contributed by atoms with van der Waals surface area (Å²) in [5.74, 6) is -0.795. The molecule has 0 spiro atoms. The van der Waals surface area contributed by atoms with Crippen LogP contribution < -0.4 is 11.1 Å². The third-order valence-electron chi connectivity index (χ3n) is 3.24. The molecule has 21 heavy (non-hydrogen) atoms. The summed E-state index contributed by atoms with van der Waals surface area (Å²) >= 11 is 0. The number of nitrogens with one attached hydrogen (secondary N) is 1. The van der Waals surface area contributed by atoms with Crippen LogP contribution in [0.2, 0.25) is 0 Å². The van der Waals surface area contributed by atoms with E-state index in [-0.39, 0.29) is 5.91 Å². The van der Waals surface area contributed by atoms with Crippen molar-refractivity contribution in [3.63, 3.8) is 0 Å². The molecule has 5 nitrogen and oxygen atoms in total. The molecule has 0 fully saturated rings. The second-order valence-corrected chi connectivity index (χ2v) is 4.94. The molecule has 0 bridgehead atoms. The highest BCUT2D eigenvalue weighted by Crippen LogP contribution is 2.08. The van der Waals surface area contributed by atoms with Gasteiger partial charge in [-0.05, 0) is 31.4 Å². The maximum absolute atomic E-state index is 12.0. The van der Waals surface area contributed by atoms with Crippen LogP contribution in [0, 0.1) is 0 Å². The molecule has 0 aromatic carbocycles. The van der Waals surface area contributed by atoms with Crippen LogP contribution in [-0.2, 0) is 4.79 Å². The third kappa shape index (κ3) is 6.70. The summed E-state index contributed by atoms with van der Waals surface area (Å²) in [5, 5.41) is 2.68. The lowest BCUT2D eigenvalue weighted by atomic mass is 10.1. The second-order valence-electron chi connectivity index (χ2n) is 4.94. The van der Waals surface area contributed by atoms with Crippen LogP contribution >= 0.6 is 0 Å². The van der Waals surface area contributed by atoms with Crippen molar-refractivity contribution in [2.75, 3.05) is 0 Å². The topological polar surface area (TPSA) is 85.1 Å². The number of allylic oxidation sites excluding steroid dienone is 1. The van der Waals surface area contributed by atoms with Gasteiger partial charge in [-0.25, -0.2) is 0 Å². The van der Waals surface area contributed by atoms with Gasteiger partial charge in [-0.2, -0.15) is 0 Å². The number of amides is 2. The van der Waals surface area contributed by atoms with E-state index in [1.165, 1.54) is 12.4 Å². The number of nitrogens with two attached hydrogens (primary N) is 1. The predicted octanol–water partition coefficient (Wildman–Crippen LogP) is 2.19. The fourth-order valence-electron chi connectivity index (χ4n) is 2.02. The summed E-state index contributed by atoms with van der Waals surface area (Å²) in [6, 6.07) is 2.58. The van der Waals surface area contributed by atoms with Crippen LogP contribution in [0.25, 0.3) is 0 Å². The van der Waals surface area contributed by atoms with Gasteiger partial charge in [0.25, 0.3) is 5.91 Å². The van der Waals surface area contributed by atoms with Crippen molar-refractivity contribution < 1.29 is 9.59 Å². The summed E-state index contributed by atoms with van der Waals surface area (Å²) in [6.45, 7) is 3.68. The molecule has 1 aromatic rings. The standard InChI is InChI=1S/C16H23N3O2/c1-2-3-4-5-6-7-8-14(15(17)20)19-16(21)13-9-11-18-12-10-13/h2,9-12,14H,1,3-8H2,(H2,17,20)(H,19,21)/t14-/m1/s1. The number of carbonyl (C=O) groups is 2. The summed E-state index contributed by atoms with van der Waals surface area (Å²) < 4.78 is 0. The zero-order chi connectivity index (χ0) is 15.5.